The minimum absolute atomic E-state index is 0.113. The second-order valence-electron chi connectivity index (χ2n) is 4.90. The quantitative estimate of drug-likeness (QED) is 0.760. The molecule has 0 aliphatic rings. The molecular weight excluding hydrogens is 286 g/mol. The van der Waals surface area contributed by atoms with E-state index in [0.29, 0.717) is 11.1 Å². The smallest absolute Gasteiger partial charge is 0.328 e. The molecule has 5 heteroatoms. The molecule has 1 rings (SSSR count). The molecule has 0 saturated carbocycles. The van der Waals surface area contributed by atoms with Crippen LogP contribution < -0.4 is 5.32 Å². The van der Waals surface area contributed by atoms with E-state index in [-0.39, 0.29) is 11.9 Å². The van der Waals surface area contributed by atoms with Crippen LogP contribution in [0.25, 0.3) is 6.08 Å². The zero-order valence-electron chi connectivity index (χ0n) is 12.6. The number of nitrogens with one attached hydrogen (secondary N) is 1. The Morgan fingerprint density at radius 2 is 2.14 bits per heavy atom. The number of hydrogen-bond donors (Lipinski definition) is 2. The van der Waals surface area contributed by atoms with Crippen molar-refractivity contribution in [1.82, 2.24) is 5.32 Å². The molecule has 0 fully saturated rings. The average Bonchev–Trinajstić information content (AvgIpc) is 2.43. The van der Waals surface area contributed by atoms with E-state index < -0.39 is 5.97 Å². The number of carbonyl (C=O) groups excluding carboxylic acids is 1. The lowest BCUT2D eigenvalue weighted by atomic mass is 10.0. The van der Waals surface area contributed by atoms with Crippen LogP contribution in [-0.4, -0.2) is 35.0 Å². The molecule has 2 N–H and O–H groups in total. The van der Waals surface area contributed by atoms with Crippen molar-refractivity contribution in [2.45, 2.75) is 26.3 Å². The molecule has 1 amide bonds. The van der Waals surface area contributed by atoms with Crippen LogP contribution in [-0.2, 0) is 4.79 Å². The Hall–Kier alpha value is -1.75. The maximum atomic E-state index is 12.3. The SMILES string of the molecule is CSCCC(C)NC(=O)c1cc(/C=C/C(=O)O)ccc1C. The Balaban J connectivity index is 2.83. The van der Waals surface area contributed by atoms with Crippen molar-refractivity contribution in [1.29, 1.82) is 0 Å². The predicted octanol–water partition coefficient (Wildman–Crippen LogP) is 2.96. The number of thioether (sulfide) groups is 1. The van der Waals surface area contributed by atoms with Gasteiger partial charge in [0, 0.05) is 17.7 Å². The van der Waals surface area contributed by atoms with Gasteiger partial charge in [-0.25, -0.2) is 4.79 Å². The average molecular weight is 307 g/mol. The molecule has 1 atom stereocenters. The van der Waals surface area contributed by atoms with Gasteiger partial charge < -0.3 is 10.4 Å². The van der Waals surface area contributed by atoms with Crippen molar-refractivity contribution in [3.05, 3.63) is 41.0 Å². The topological polar surface area (TPSA) is 66.4 Å². The summed E-state index contributed by atoms with van der Waals surface area (Å²) in [4.78, 5) is 22.8. The maximum absolute atomic E-state index is 12.3. The summed E-state index contributed by atoms with van der Waals surface area (Å²) in [6.45, 7) is 3.85. The Morgan fingerprint density at radius 1 is 1.43 bits per heavy atom. The van der Waals surface area contributed by atoms with E-state index in [4.69, 9.17) is 5.11 Å². The fourth-order valence-corrected chi connectivity index (χ4v) is 2.41. The number of aryl methyl sites for hydroxylation is 1. The molecule has 0 aliphatic heterocycles. The van der Waals surface area contributed by atoms with Crippen LogP contribution in [0.3, 0.4) is 0 Å². The van der Waals surface area contributed by atoms with Gasteiger partial charge in [0.2, 0.25) is 0 Å². The summed E-state index contributed by atoms with van der Waals surface area (Å²) in [5.41, 5.74) is 2.15. The molecule has 0 aliphatic carbocycles. The van der Waals surface area contributed by atoms with Crippen LogP contribution >= 0.6 is 11.8 Å². The molecule has 4 nitrogen and oxygen atoms in total. The summed E-state index contributed by atoms with van der Waals surface area (Å²) in [6, 6.07) is 5.44. The van der Waals surface area contributed by atoms with E-state index in [2.05, 4.69) is 5.32 Å². The highest BCUT2D eigenvalue weighted by Gasteiger charge is 2.12. The standard InChI is InChI=1S/C16H21NO3S/c1-11-4-5-13(6-7-15(18)19)10-14(11)16(20)17-12(2)8-9-21-3/h4-7,10,12H,8-9H2,1-3H3,(H,17,20)(H,18,19)/b7-6+. The highest BCUT2D eigenvalue weighted by molar-refractivity contribution is 7.98. The molecule has 0 bridgehead atoms. The van der Waals surface area contributed by atoms with E-state index in [1.807, 2.05) is 26.2 Å². The number of aliphatic carboxylic acids is 1. The number of carboxylic acids is 1. The molecule has 0 radical (unpaired) electrons. The lowest BCUT2D eigenvalue weighted by Crippen LogP contribution is -2.33. The van der Waals surface area contributed by atoms with Gasteiger partial charge in [-0.15, -0.1) is 0 Å². The van der Waals surface area contributed by atoms with Crippen LogP contribution in [0.4, 0.5) is 0 Å². The second kappa shape index (κ2) is 8.52. The van der Waals surface area contributed by atoms with Gasteiger partial charge in [0.25, 0.3) is 5.91 Å². The normalized spacial score (nSPS) is 12.3. The van der Waals surface area contributed by atoms with E-state index in [0.717, 1.165) is 23.8 Å². The highest BCUT2D eigenvalue weighted by atomic mass is 32.2. The van der Waals surface area contributed by atoms with Crippen LogP contribution in [0.5, 0.6) is 0 Å². The number of rotatable bonds is 7. The summed E-state index contributed by atoms with van der Waals surface area (Å²) in [5, 5.41) is 11.6. The minimum atomic E-state index is -1.01. The van der Waals surface area contributed by atoms with E-state index >= 15 is 0 Å². The van der Waals surface area contributed by atoms with Gasteiger partial charge in [0.05, 0.1) is 0 Å². The Labute approximate surface area is 129 Å². The van der Waals surface area contributed by atoms with Crippen LogP contribution in [0.15, 0.2) is 24.3 Å². The van der Waals surface area contributed by atoms with Crippen molar-refractivity contribution in [3.63, 3.8) is 0 Å². The molecule has 0 aromatic heterocycles. The molecule has 1 unspecified atom stereocenters. The number of amides is 1. The zero-order chi connectivity index (χ0) is 15.8. The van der Waals surface area contributed by atoms with Gasteiger partial charge in [-0.1, -0.05) is 12.1 Å². The van der Waals surface area contributed by atoms with Crippen molar-refractivity contribution in [2.75, 3.05) is 12.0 Å². The van der Waals surface area contributed by atoms with E-state index in [1.165, 1.54) is 6.08 Å². The minimum Gasteiger partial charge on any atom is -0.478 e. The highest BCUT2D eigenvalue weighted by Crippen LogP contribution is 2.13. The molecule has 0 spiro atoms. The largest absolute Gasteiger partial charge is 0.478 e. The molecule has 0 saturated heterocycles. The fourth-order valence-electron chi connectivity index (χ4n) is 1.82. The van der Waals surface area contributed by atoms with Crippen LogP contribution in [0.2, 0.25) is 0 Å². The summed E-state index contributed by atoms with van der Waals surface area (Å²) in [6.07, 6.45) is 5.50. The number of benzene rings is 1. The zero-order valence-corrected chi connectivity index (χ0v) is 13.4. The van der Waals surface area contributed by atoms with Crippen molar-refractivity contribution >= 4 is 29.7 Å². The molecule has 21 heavy (non-hydrogen) atoms. The third kappa shape index (κ3) is 6.04. The van der Waals surface area contributed by atoms with Crippen LogP contribution in [0.1, 0.15) is 34.8 Å². The van der Waals surface area contributed by atoms with Gasteiger partial charge in [-0.2, -0.15) is 11.8 Å². The summed E-state index contributed by atoms with van der Waals surface area (Å²) < 4.78 is 0. The third-order valence-corrected chi connectivity index (χ3v) is 3.70. The van der Waals surface area contributed by atoms with E-state index in [1.54, 1.807) is 23.9 Å². The summed E-state index contributed by atoms with van der Waals surface area (Å²) in [7, 11) is 0. The van der Waals surface area contributed by atoms with Gasteiger partial charge in [-0.05, 0) is 55.5 Å². The maximum Gasteiger partial charge on any atom is 0.328 e. The molecule has 1 aromatic carbocycles. The summed E-state index contributed by atoms with van der Waals surface area (Å²) in [5.74, 6) is -0.124. The van der Waals surface area contributed by atoms with Crippen molar-refractivity contribution < 1.29 is 14.7 Å². The third-order valence-electron chi connectivity index (χ3n) is 3.06. The molecular formula is C16H21NO3S. The monoisotopic (exact) mass is 307 g/mol. The first-order valence-corrected chi connectivity index (χ1v) is 8.15. The molecule has 114 valence electrons. The van der Waals surface area contributed by atoms with Crippen molar-refractivity contribution in [3.8, 4) is 0 Å². The molecule has 1 aromatic rings. The lowest BCUT2D eigenvalue weighted by Gasteiger charge is -2.14. The van der Waals surface area contributed by atoms with E-state index in [9.17, 15) is 9.59 Å². The summed E-state index contributed by atoms with van der Waals surface area (Å²) >= 11 is 1.75. The van der Waals surface area contributed by atoms with Gasteiger partial charge >= 0.3 is 5.97 Å². The lowest BCUT2D eigenvalue weighted by molar-refractivity contribution is -0.131. The number of carbonyl (C=O) groups is 2. The first kappa shape index (κ1) is 17.3. The number of hydrogen-bond acceptors (Lipinski definition) is 3. The number of carboxylic acid groups (broad SMARTS) is 1. The van der Waals surface area contributed by atoms with Crippen molar-refractivity contribution in [2.24, 2.45) is 0 Å². The van der Waals surface area contributed by atoms with Crippen LogP contribution in [0, 0.1) is 6.92 Å². The van der Waals surface area contributed by atoms with Gasteiger partial charge in [0.15, 0.2) is 0 Å². The first-order chi connectivity index (χ1) is 9.93. The Morgan fingerprint density at radius 3 is 2.76 bits per heavy atom. The fraction of sp³-hybridized carbons (Fsp3) is 0.375. The van der Waals surface area contributed by atoms with Gasteiger partial charge in [-0.3, -0.25) is 4.79 Å². The molecule has 0 heterocycles. The predicted molar refractivity (Wildman–Crippen MR) is 87.8 cm³/mol. The Kier molecular flexibility index (Phi) is 7.02. The Bertz CT molecular complexity index is 540. The van der Waals surface area contributed by atoms with Gasteiger partial charge in [0.1, 0.15) is 0 Å². The second-order valence-corrected chi connectivity index (χ2v) is 5.89. The first-order valence-electron chi connectivity index (χ1n) is 6.75.